The van der Waals surface area contributed by atoms with Crippen LogP contribution in [0.1, 0.15) is 6.92 Å². The number of hydrogen-bond donors (Lipinski definition) is 3. The molecule has 3 aromatic carbocycles. The molecule has 0 aliphatic rings. The van der Waals surface area contributed by atoms with E-state index in [9.17, 15) is 9.18 Å². The fraction of sp³-hybridized carbons (Fsp3) is 0.192. The number of hydrogen-bond acceptors (Lipinski definition) is 6. The van der Waals surface area contributed by atoms with E-state index in [-0.39, 0.29) is 0 Å². The summed E-state index contributed by atoms with van der Waals surface area (Å²) in [6.07, 6.45) is 1.78. The van der Waals surface area contributed by atoms with Crippen molar-refractivity contribution < 1.29 is 13.9 Å². The van der Waals surface area contributed by atoms with E-state index in [1.54, 1.807) is 36.5 Å². The van der Waals surface area contributed by atoms with E-state index in [1.807, 2.05) is 25.2 Å². The summed E-state index contributed by atoms with van der Waals surface area (Å²) in [6, 6.07) is 17.7. The fourth-order valence-electron chi connectivity index (χ4n) is 3.51. The topological polar surface area (TPSA) is 91.4 Å². The van der Waals surface area contributed by atoms with Crippen molar-refractivity contribution in [2.24, 2.45) is 0 Å². The Bertz CT molecular complexity index is 1320. The number of anilines is 3. The van der Waals surface area contributed by atoms with Crippen LogP contribution in [0, 0.1) is 5.82 Å². The predicted molar refractivity (Wildman–Crippen MR) is 137 cm³/mol. The molecular formula is C26H27FN6O2. The third-order valence-electron chi connectivity index (χ3n) is 5.25. The lowest BCUT2D eigenvalue weighted by atomic mass is 10.2. The minimum atomic E-state index is -0.486. The summed E-state index contributed by atoms with van der Waals surface area (Å²) in [4.78, 5) is 23.7. The Morgan fingerprint density at radius 3 is 2.46 bits per heavy atom. The second-order valence-electron chi connectivity index (χ2n) is 7.78. The first-order valence-electron chi connectivity index (χ1n) is 11.3. The van der Waals surface area contributed by atoms with Gasteiger partial charge in [0.15, 0.2) is 0 Å². The highest BCUT2D eigenvalue weighted by molar-refractivity contribution is 5.99. The maximum absolute atomic E-state index is 13.3. The monoisotopic (exact) mass is 474 g/mol. The number of urea groups is 1. The molecule has 8 nitrogen and oxygen atoms in total. The second-order valence-corrected chi connectivity index (χ2v) is 7.78. The summed E-state index contributed by atoms with van der Waals surface area (Å²) in [7, 11) is 1.92. The molecule has 4 rings (SSSR count). The standard InChI is InChI=1S/C26H27FN6O2/c1-3-33(13-12-28-2)25-17-29-23-11-10-22(16-24(23)32-25)35-21-9-5-8-20(15-21)31-26(34)30-19-7-4-6-18(27)14-19/h4-11,14-17,28H,3,12-13H2,1-2H3,(H2,30,31,34). The van der Waals surface area contributed by atoms with Crippen LogP contribution in [0.15, 0.2) is 72.9 Å². The highest BCUT2D eigenvalue weighted by Crippen LogP contribution is 2.27. The number of amides is 2. The summed E-state index contributed by atoms with van der Waals surface area (Å²) in [6.45, 7) is 4.59. The molecule has 9 heteroatoms. The zero-order valence-electron chi connectivity index (χ0n) is 19.6. The molecule has 0 spiro atoms. The lowest BCUT2D eigenvalue weighted by Crippen LogP contribution is -2.31. The Morgan fingerprint density at radius 2 is 1.71 bits per heavy atom. The third kappa shape index (κ3) is 6.42. The van der Waals surface area contributed by atoms with Crippen LogP contribution in [-0.4, -0.2) is 42.7 Å². The van der Waals surface area contributed by atoms with Gasteiger partial charge in [-0.15, -0.1) is 0 Å². The quantitative estimate of drug-likeness (QED) is 0.307. The molecule has 0 aliphatic heterocycles. The number of nitrogens with zero attached hydrogens (tertiary/aromatic N) is 3. The number of carbonyl (C=O) groups excluding carboxylic acids is 1. The number of likely N-dealkylation sites (N-methyl/N-ethyl adjacent to an activating group) is 2. The van der Waals surface area contributed by atoms with Crippen LogP contribution in [0.2, 0.25) is 0 Å². The predicted octanol–water partition coefficient (Wildman–Crippen LogP) is 5.25. The van der Waals surface area contributed by atoms with Gasteiger partial charge in [0.25, 0.3) is 0 Å². The maximum atomic E-state index is 13.3. The van der Waals surface area contributed by atoms with E-state index in [0.29, 0.717) is 22.9 Å². The SMILES string of the molecule is CCN(CCNC)c1cnc2ccc(Oc3cccc(NC(=O)Nc4cccc(F)c4)c3)cc2n1. The van der Waals surface area contributed by atoms with Gasteiger partial charge in [0.05, 0.1) is 17.2 Å². The molecule has 1 aromatic heterocycles. The molecule has 1 heterocycles. The zero-order valence-corrected chi connectivity index (χ0v) is 19.6. The van der Waals surface area contributed by atoms with Crippen LogP contribution in [0.25, 0.3) is 11.0 Å². The first-order chi connectivity index (χ1) is 17.0. The zero-order chi connectivity index (χ0) is 24.6. The number of ether oxygens (including phenoxy) is 1. The largest absolute Gasteiger partial charge is 0.457 e. The van der Waals surface area contributed by atoms with E-state index in [2.05, 4.69) is 32.8 Å². The lowest BCUT2D eigenvalue weighted by Gasteiger charge is -2.21. The third-order valence-corrected chi connectivity index (χ3v) is 5.25. The Labute approximate surface area is 203 Å². The normalized spacial score (nSPS) is 10.7. The van der Waals surface area contributed by atoms with E-state index < -0.39 is 11.8 Å². The van der Waals surface area contributed by atoms with Crippen LogP contribution in [0.5, 0.6) is 11.5 Å². The van der Waals surface area contributed by atoms with Crippen LogP contribution >= 0.6 is 0 Å². The number of carbonyl (C=O) groups is 1. The Morgan fingerprint density at radius 1 is 0.971 bits per heavy atom. The average molecular weight is 475 g/mol. The van der Waals surface area contributed by atoms with Crippen molar-refractivity contribution in [2.45, 2.75) is 6.92 Å². The molecule has 0 aliphatic carbocycles. The van der Waals surface area contributed by atoms with Crippen LogP contribution in [-0.2, 0) is 0 Å². The van der Waals surface area contributed by atoms with Crippen molar-refractivity contribution in [1.82, 2.24) is 15.3 Å². The van der Waals surface area contributed by atoms with Crippen LogP contribution in [0.4, 0.5) is 26.4 Å². The van der Waals surface area contributed by atoms with Gasteiger partial charge in [-0.3, -0.25) is 4.98 Å². The molecule has 3 N–H and O–H groups in total. The van der Waals surface area contributed by atoms with E-state index >= 15 is 0 Å². The number of benzene rings is 3. The molecular weight excluding hydrogens is 447 g/mol. The minimum Gasteiger partial charge on any atom is -0.457 e. The first-order valence-corrected chi connectivity index (χ1v) is 11.3. The van der Waals surface area contributed by atoms with E-state index in [4.69, 9.17) is 9.72 Å². The first kappa shape index (κ1) is 23.9. The van der Waals surface area contributed by atoms with Crippen LogP contribution < -0.4 is 25.6 Å². The summed E-state index contributed by atoms with van der Waals surface area (Å²) < 4.78 is 19.4. The van der Waals surface area contributed by atoms with E-state index in [0.717, 1.165) is 36.5 Å². The molecule has 0 bridgehead atoms. The average Bonchev–Trinajstić information content (AvgIpc) is 2.84. The van der Waals surface area contributed by atoms with Gasteiger partial charge in [-0.1, -0.05) is 12.1 Å². The number of rotatable bonds is 9. The number of nitrogens with one attached hydrogen (secondary N) is 3. The van der Waals surface area contributed by atoms with Crippen molar-refractivity contribution in [3.8, 4) is 11.5 Å². The fourth-order valence-corrected chi connectivity index (χ4v) is 3.51. The van der Waals surface area contributed by atoms with Crippen molar-refractivity contribution in [3.05, 3.63) is 78.7 Å². The van der Waals surface area contributed by atoms with Crippen molar-refractivity contribution in [2.75, 3.05) is 42.2 Å². The second kappa shape index (κ2) is 11.3. The van der Waals surface area contributed by atoms with Crippen LogP contribution in [0.3, 0.4) is 0 Å². The number of halogens is 1. The van der Waals surface area contributed by atoms with Crippen molar-refractivity contribution in [3.63, 3.8) is 0 Å². The molecule has 180 valence electrons. The van der Waals surface area contributed by atoms with Crippen molar-refractivity contribution in [1.29, 1.82) is 0 Å². The van der Waals surface area contributed by atoms with Crippen molar-refractivity contribution >= 4 is 34.3 Å². The molecule has 0 saturated heterocycles. The molecule has 0 atom stereocenters. The van der Waals surface area contributed by atoms with Gasteiger partial charge in [-0.05, 0) is 56.4 Å². The molecule has 2 amide bonds. The summed E-state index contributed by atoms with van der Waals surface area (Å²) in [5.41, 5.74) is 2.39. The molecule has 0 saturated carbocycles. The van der Waals surface area contributed by atoms with E-state index in [1.165, 1.54) is 18.2 Å². The molecule has 0 radical (unpaired) electrons. The van der Waals surface area contributed by atoms with Gasteiger partial charge < -0.3 is 25.6 Å². The summed E-state index contributed by atoms with van der Waals surface area (Å²) in [5, 5.41) is 8.47. The lowest BCUT2D eigenvalue weighted by molar-refractivity contribution is 0.262. The van der Waals surface area contributed by atoms with Gasteiger partial charge in [-0.25, -0.2) is 14.2 Å². The molecule has 35 heavy (non-hydrogen) atoms. The Balaban J connectivity index is 1.46. The van der Waals surface area contributed by atoms with Gasteiger partial charge in [-0.2, -0.15) is 0 Å². The summed E-state index contributed by atoms with van der Waals surface area (Å²) in [5.74, 6) is 1.53. The highest BCUT2D eigenvalue weighted by atomic mass is 19.1. The summed E-state index contributed by atoms with van der Waals surface area (Å²) >= 11 is 0. The number of fused-ring (bicyclic) bond motifs is 1. The molecule has 0 fully saturated rings. The Kier molecular flexibility index (Phi) is 7.69. The maximum Gasteiger partial charge on any atom is 0.323 e. The number of aromatic nitrogens is 2. The Hall–Kier alpha value is -4.24. The van der Waals surface area contributed by atoms with Gasteiger partial charge >= 0.3 is 6.03 Å². The van der Waals surface area contributed by atoms with Gasteiger partial charge in [0.1, 0.15) is 23.1 Å². The molecule has 4 aromatic rings. The smallest absolute Gasteiger partial charge is 0.323 e. The van der Waals surface area contributed by atoms with Gasteiger partial charge in [0.2, 0.25) is 0 Å². The highest BCUT2D eigenvalue weighted by Gasteiger charge is 2.09. The molecule has 0 unspecified atom stereocenters. The minimum absolute atomic E-state index is 0.360. The van der Waals surface area contributed by atoms with Gasteiger partial charge in [0, 0.05) is 43.1 Å².